The van der Waals surface area contributed by atoms with E-state index in [-0.39, 0.29) is 29.4 Å². The molecule has 2 atom stereocenters. The van der Waals surface area contributed by atoms with Crippen molar-refractivity contribution in [3.05, 3.63) is 69.5 Å². The van der Waals surface area contributed by atoms with E-state index in [1.807, 2.05) is 24.3 Å². The van der Waals surface area contributed by atoms with Gasteiger partial charge in [0.15, 0.2) is 15.0 Å². The monoisotopic (exact) mass is 458 g/mol. The largest absolute Gasteiger partial charge is 0.341 e. The summed E-state index contributed by atoms with van der Waals surface area (Å²) in [6, 6.07) is 11.4. The summed E-state index contributed by atoms with van der Waals surface area (Å²) >= 11 is 13.6. The number of benzene rings is 2. The lowest BCUT2D eigenvalue weighted by atomic mass is 10.1. The van der Waals surface area contributed by atoms with E-state index in [2.05, 4.69) is 9.89 Å². The highest BCUT2D eigenvalue weighted by Crippen LogP contribution is 2.34. The van der Waals surface area contributed by atoms with Gasteiger partial charge < -0.3 is 4.90 Å². The van der Waals surface area contributed by atoms with E-state index in [1.165, 1.54) is 23.9 Å². The highest BCUT2D eigenvalue weighted by Gasteiger charge is 2.46. The molecule has 0 unspecified atom stereocenters. The molecule has 2 aromatic rings. The Morgan fingerprint density at radius 3 is 2.61 bits per heavy atom. The Labute approximate surface area is 177 Å². The van der Waals surface area contributed by atoms with Gasteiger partial charge in [-0.25, -0.2) is 12.8 Å². The smallest absolute Gasteiger partial charge is 0.160 e. The standard InChI is InChI=1S/C19H17Cl2FN2O2S2/c20-14-4-1-12(2-5-14)8-24-18-11-28(25,26)10-17(18)23-19(24)27-9-13-3-6-15(22)7-16(13)21/h1-7,17-18H,8-11H2/t17-,18-/m0/s1. The van der Waals surface area contributed by atoms with Crippen LogP contribution in [0.1, 0.15) is 11.1 Å². The first-order valence-corrected chi connectivity index (χ1v) is 12.2. The van der Waals surface area contributed by atoms with Gasteiger partial charge in [-0.05, 0) is 35.4 Å². The van der Waals surface area contributed by atoms with E-state index in [0.29, 0.717) is 22.3 Å². The molecule has 4 nitrogen and oxygen atoms in total. The normalized spacial score (nSPS) is 23.0. The average Bonchev–Trinajstić information content (AvgIpc) is 3.08. The fourth-order valence-corrected chi connectivity index (χ4v) is 6.89. The Hall–Kier alpha value is -1.28. The van der Waals surface area contributed by atoms with E-state index in [9.17, 15) is 12.8 Å². The number of halogens is 3. The van der Waals surface area contributed by atoms with Crippen LogP contribution >= 0.6 is 35.0 Å². The van der Waals surface area contributed by atoms with Crippen molar-refractivity contribution in [3.8, 4) is 0 Å². The number of fused-ring (bicyclic) bond motifs is 1. The third kappa shape index (κ3) is 4.32. The van der Waals surface area contributed by atoms with E-state index < -0.39 is 9.84 Å². The molecule has 9 heteroatoms. The van der Waals surface area contributed by atoms with Crippen LogP contribution in [0.5, 0.6) is 0 Å². The molecule has 0 saturated carbocycles. The fourth-order valence-electron chi connectivity index (χ4n) is 3.46. The Bertz CT molecular complexity index is 1030. The SMILES string of the molecule is O=S1(=O)C[C@@H]2N=C(SCc3ccc(F)cc3Cl)N(Cc3ccc(Cl)cc3)[C@H]2C1. The average molecular weight is 459 g/mol. The summed E-state index contributed by atoms with van der Waals surface area (Å²) in [5, 5.41) is 1.82. The number of aliphatic imine (C=N–C) groups is 1. The van der Waals surface area contributed by atoms with E-state index >= 15 is 0 Å². The number of amidine groups is 1. The first-order valence-electron chi connectivity index (χ1n) is 8.67. The maximum atomic E-state index is 13.3. The fraction of sp³-hybridized carbons (Fsp3) is 0.316. The number of hydrogen-bond acceptors (Lipinski definition) is 5. The molecule has 0 aromatic heterocycles. The topological polar surface area (TPSA) is 49.7 Å². The maximum Gasteiger partial charge on any atom is 0.160 e. The van der Waals surface area contributed by atoms with Crippen molar-refractivity contribution in [2.24, 2.45) is 4.99 Å². The van der Waals surface area contributed by atoms with Gasteiger partial charge in [-0.3, -0.25) is 4.99 Å². The molecular formula is C19H17Cl2FN2O2S2. The van der Waals surface area contributed by atoms with Crippen LogP contribution in [-0.4, -0.2) is 42.1 Å². The number of rotatable bonds is 4. The molecule has 0 spiro atoms. The summed E-state index contributed by atoms with van der Waals surface area (Å²) in [6.45, 7) is 0.552. The number of sulfone groups is 1. The van der Waals surface area contributed by atoms with Gasteiger partial charge in [0.25, 0.3) is 0 Å². The van der Waals surface area contributed by atoms with Gasteiger partial charge in [0.05, 0.1) is 23.6 Å². The summed E-state index contributed by atoms with van der Waals surface area (Å²) in [4.78, 5) is 6.74. The molecule has 0 bridgehead atoms. The lowest BCUT2D eigenvalue weighted by Gasteiger charge is -2.26. The second-order valence-electron chi connectivity index (χ2n) is 6.90. The third-order valence-electron chi connectivity index (χ3n) is 4.85. The molecule has 4 rings (SSSR count). The minimum absolute atomic E-state index is 0.0795. The quantitative estimate of drug-likeness (QED) is 0.680. The molecular weight excluding hydrogens is 442 g/mol. The number of nitrogens with zero attached hydrogens (tertiary/aromatic N) is 2. The molecule has 2 aromatic carbocycles. The lowest BCUT2D eigenvalue weighted by Crippen LogP contribution is -2.38. The number of hydrogen-bond donors (Lipinski definition) is 0. The zero-order valence-corrected chi connectivity index (χ0v) is 17.8. The zero-order chi connectivity index (χ0) is 19.9. The Morgan fingerprint density at radius 2 is 1.89 bits per heavy atom. The van der Waals surface area contributed by atoms with Gasteiger partial charge >= 0.3 is 0 Å². The predicted molar refractivity (Wildman–Crippen MR) is 113 cm³/mol. The summed E-state index contributed by atoms with van der Waals surface area (Å²) < 4.78 is 37.4. The summed E-state index contributed by atoms with van der Waals surface area (Å²) in [7, 11) is -3.08. The van der Waals surface area contributed by atoms with Crippen molar-refractivity contribution in [3.63, 3.8) is 0 Å². The summed E-state index contributed by atoms with van der Waals surface area (Å²) in [5.41, 5.74) is 1.84. The van der Waals surface area contributed by atoms with Crippen molar-refractivity contribution >= 4 is 50.0 Å². The Kier molecular flexibility index (Phi) is 5.62. The molecule has 1 fully saturated rings. The highest BCUT2D eigenvalue weighted by molar-refractivity contribution is 8.13. The molecule has 1 saturated heterocycles. The molecule has 0 aliphatic carbocycles. The predicted octanol–water partition coefficient (Wildman–Crippen LogP) is 4.40. The van der Waals surface area contributed by atoms with Gasteiger partial charge in [0, 0.05) is 22.3 Å². The van der Waals surface area contributed by atoms with Crippen LogP contribution in [0.4, 0.5) is 4.39 Å². The van der Waals surface area contributed by atoms with Gasteiger partial charge in [-0.1, -0.05) is 53.2 Å². The molecule has 0 amide bonds. The molecule has 0 radical (unpaired) electrons. The van der Waals surface area contributed by atoms with Gasteiger partial charge in [-0.15, -0.1) is 0 Å². The van der Waals surface area contributed by atoms with Crippen LogP contribution in [0.15, 0.2) is 47.5 Å². The van der Waals surface area contributed by atoms with E-state index in [0.717, 1.165) is 16.3 Å². The van der Waals surface area contributed by atoms with Crippen molar-refractivity contribution in [2.75, 3.05) is 11.5 Å². The van der Waals surface area contributed by atoms with Gasteiger partial charge in [0.1, 0.15) is 5.82 Å². The minimum Gasteiger partial charge on any atom is -0.341 e. The van der Waals surface area contributed by atoms with Crippen LogP contribution in [0, 0.1) is 5.82 Å². The summed E-state index contributed by atoms with van der Waals surface area (Å²) in [6.07, 6.45) is 0. The third-order valence-corrected chi connectivity index (χ3v) is 8.21. The molecule has 0 N–H and O–H groups in total. The van der Waals surface area contributed by atoms with E-state index in [4.69, 9.17) is 23.2 Å². The molecule has 2 aliphatic rings. The van der Waals surface area contributed by atoms with Crippen LogP contribution < -0.4 is 0 Å². The van der Waals surface area contributed by atoms with E-state index in [1.54, 1.807) is 6.07 Å². The number of thioether (sulfide) groups is 1. The first-order chi connectivity index (χ1) is 13.3. The van der Waals surface area contributed by atoms with Crippen LogP contribution in [0.2, 0.25) is 10.0 Å². The van der Waals surface area contributed by atoms with Crippen LogP contribution in [0.3, 0.4) is 0 Å². The summed E-state index contributed by atoms with van der Waals surface area (Å²) in [5.74, 6) is 0.342. The van der Waals surface area contributed by atoms with Crippen LogP contribution in [0.25, 0.3) is 0 Å². The van der Waals surface area contributed by atoms with Gasteiger partial charge in [-0.2, -0.15) is 0 Å². The zero-order valence-electron chi connectivity index (χ0n) is 14.7. The molecule has 148 valence electrons. The highest BCUT2D eigenvalue weighted by atomic mass is 35.5. The maximum absolute atomic E-state index is 13.3. The molecule has 28 heavy (non-hydrogen) atoms. The van der Waals surface area contributed by atoms with Crippen LogP contribution in [-0.2, 0) is 22.1 Å². The second kappa shape index (κ2) is 7.86. The Balaban J connectivity index is 1.55. The molecule has 2 heterocycles. The molecule has 2 aliphatic heterocycles. The second-order valence-corrected chi connectivity index (χ2v) is 10.8. The van der Waals surface area contributed by atoms with Crippen molar-refractivity contribution in [1.29, 1.82) is 0 Å². The Morgan fingerprint density at radius 1 is 1.14 bits per heavy atom. The first kappa shape index (κ1) is 20.0. The van der Waals surface area contributed by atoms with Crippen molar-refractivity contribution in [1.82, 2.24) is 4.90 Å². The van der Waals surface area contributed by atoms with Gasteiger partial charge in [0.2, 0.25) is 0 Å². The lowest BCUT2D eigenvalue weighted by molar-refractivity contribution is 0.343. The van der Waals surface area contributed by atoms with Crippen molar-refractivity contribution < 1.29 is 12.8 Å². The van der Waals surface area contributed by atoms with Crippen molar-refractivity contribution in [2.45, 2.75) is 24.4 Å². The minimum atomic E-state index is -3.08.